The van der Waals surface area contributed by atoms with Crippen LogP contribution in [0.25, 0.3) is 11.3 Å². The maximum Gasteiger partial charge on any atom is 0.324 e. The normalized spacial score (nSPS) is 11.9. The van der Waals surface area contributed by atoms with Crippen molar-refractivity contribution >= 4 is 5.82 Å². The van der Waals surface area contributed by atoms with Crippen LogP contribution in [0, 0.1) is 12.7 Å². The number of aryl methyl sites for hydroxylation is 2. The quantitative estimate of drug-likeness (QED) is 0.628. The Morgan fingerprint density at radius 1 is 1.24 bits per heavy atom. The fourth-order valence-electron chi connectivity index (χ4n) is 3.03. The molecular formula is C22H25FN4O2. The number of pyridine rings is 1. The molecule has 1 aromatic carbocycles. The number of benzene rings is 1. The van der Waals surface area contributed by atoms with Crippen LogP contribution < -0.4 is 15.6 Å². The van der Waals surface area contributed by atoms with E-state index in [1.807, 2.05) is 0 Å². The van der Waals surface area contributed by atoms with Gasteiger partial charge in [0.05, 0.1) is 5.69 Å². The molecule has 7 heteroatoms. The summed E-state index contributed by atoms with van der Waals surface area (Å²) in [5.74, 6) is 0.196. The Morgan fingerprint density at radius 3 is 2.72 bits per heavy atom. The smallest absolute Gasteiger partial charge is 0.324 e. The van der Waals surface area contributed by atoms with Gasteiger partial charge in [-0.1, -0.05) is 25.5 Å². The third-order valence-electron chi connectivity index (χ3n) is 4.56. The van der Waals surface area contributed by atoms with Gasteiger partial charge in [0.2, 0.25) is 5.56 Å². The Hall–Kier alpha value is -3.22. The Balaban J connectivity index is 2.04. The molecule has 0 fully saturated rings. The number of hydrogen-bond donors (Lipinski definition) is 1. The highest BCUT2D eigenvalue weighted by atomic mass is 19.1. The molecule has 0 amide bonds. The number of nitrogens with zero attached hydrogens (tertiary/aromatic N) is 3. The zero-order chi connectivity index (χ0) is 21.0. The van der Waals surface area contributed by atoms with Crippen molar-refractivity contribution in [2.75, 3.05) is 5.32 Å². The van der Waals surface area contributed by atoms with E-state index in [4.69, 9.17) is 4.74 Å². The second kappa shape index (κ2) is 8.86. The molecule has 0 saturated carbocycles. The van der Waals surface area contributed by atoms with Crippen molar-refractivity contribution in [3.05, 3.63) is 64.3 Å². The van der Waals surface area contributed by atoms with Crippen molar-refractivity contribution in [3.63, 3.8) is 0 Å². The third-order valence-corrected chi connectivity index (χ3v) is 4.56. The van der Waals surface area contributed by atoms with Crippen molar-refractivity contribution in [3.8, 4) is 23.0 Å². The number of anilines is 1. The summed E-state index contributed by atoms with van der Waals surface area (Å²) in [7, 11) is 1.68. The fourth-order valence-corrected chi connectivity index (χ4v) is 3.03. The number of aromatic nitrogens is 3. The van der Waals surface area contributed by atoms with Gasteiger partial charge < -0.3 is 14.6 Å². The van der Waals surface area contributed by atoms with Gasteiger partial charge in [-0.25, -0.2) is 4.39 Å². The van der Waals surface area contributed by atoms with Gasteiger partial charge in [0.25, 0.3) is 0 Å². The van der Waals surface area contributed by atoms with Crippen LogP contribution >= 0.6 is 0 Å². The molecule has 2 aromatic heterocycles. The van der Waals surface area contributed by atoms with Gasteiger partial charge in [-0.15, -0.1) is 0 Å². The van der Waals surface area contributed by atoms with Crippen LogP contribution in [0.1, 0.15) is 32.3 Å². The molecule has 0 aliphatic heterocycles. The molecular weight excluding hydrogens is 371 g/mol. The number of ether oxygens (including phenoxy) is 1. The molecule has 29 heavy (non-hydrogen) atoms. The molecule has 1 atom stereocenters. The van der Waals surface area contributed by atoms with Gasteiger partial charge >= 0.3 is 6.01 Å². The van der Waals surface area contributed by atoms with E-state index in [-0.39, 0.29) is 23.4 Å². The molecule has 0 saturated heterocycles. The first-order valence-corrected chi connectivity index (χ1v) is 9.63. The van der Waals surface area contributed by atoms with Crippen molar-refractivity contribution < 1.29 is 9.13 Å². The second-order valence-electron chi connectivity index (χ2n) is 7.11. The van der Waals surface area contributed by atoms with Gasteiger partial charge in [-0.05, 0) is 38.0 Å². The first kappa shape index (κ1) is 20.5. The molecule has 3 aromatic rings. The van der Waals surface area contributed by atoms with Gasteiger partial charge in [0.1, 0.15) is 5.82 Å². The molecule has 0 radical (unpaired) electrons. The SMILES string of the molecule is CCC[C@H](C)Nc1cc(-c2ccc(=O)n(C)c2)nc(Oc2c(C)cccc2F)n1. The highest BCUT2D eigenvalue weighted by molar-refractivity contribution is 5.62. The van der Waals surface area contributed by atoms with Crippen molar-refractivity contribution in [1.82, 2.24) is 14.5 Å². The maximum absolute atomic E-state index is 14.2. The average molecular weight is 396 g/mol. The Morgan fingerprint density at radius 2 is 2.03 bits per heavy atom. The maximum atomic E-state index is 14.2. The monoisotopic (exact) mass is 396 g/mol. The summed E-state index contributed by atoms with van der Waals surface area (Å²) < 4.78 is 21.4. The minimum absolute atomic E-state index is 0.0377. The minimum Gasteiger partial charge on any atom is -0.421 e. The average Bonchev–Trinajstić information content (AvgIpc) is 2.67. The fraction of sp³-hybridized carbons (Fsp3) is 0.318. The van der Waals surface area contributed by atoms with E-state index in [0.29, 0.717) is 17.1 Å². The lowest BCUT2D eigenvalue weighted by Gasteiger charge is -2.16. The molecule has 0 spiro atoms. The largest absolute Gasteiger partial charge is 0.421 e. The Bertz CT molecular complexity index is 1040. The number of nitrogens with one attached hydrogen (secondary N) is 1. The molecule has 1 N–H and O–H groups in total. The lowest BCUT2D eigenvalue weighted by atomic mass is 10.2. The highest BCUT2D eigenvalue weighted by Gasteiger charge is 2.14. The molecule has 0 unspecified atom stereocenters. The van der Waals surface area contributed by atoms with Crippen LogP contribution in [0.4, 0.5) is 10.2 Å². The number of para-hydroxylation sites is 1. The van der Waals surface area contributed by atoms with Crippen molar-refractivity contribution in [1.29, 1.82) is 0 Å². The van der Waals surface area contributed by atoms with E-state index in [2.05, 4.69) is 29.1 Å². The summed E-state index contributed by atoms with van der Waals surface area (Å²) in [6.45, 7) is 5.94. The van der Waals surface area contributed by atoms with E-state index in [1.165, 1.54) is 16.7 Å². The first-order valence-electron chi connectivity index (χ1n) is 9.63. The predicted octanol–water partition coefficient (Wildman–Crippen LogP) is 4.68. The van der Waals surface area contributed by atoms with Gasteiger partial charge in [0, 0.05) is 37.0 Å². The molecule has 2 heterocycles. The van der Waals surface area contributed by atoms with E-state index in [1.54, 1.807) is 44.4 Å². The Kier molecular flexibility index (Phi) is 6.26. The van der Waals surface area contributed by atoms with E-state index < -0.39 is 5.82 Å². The summed E-state index contributed by atoms with van der Waals surface area (Å²) >= 11 is 0. The van der Waals surface area contributed by atoms with Crippen LogP contribution in [-0.4, -0.2) is 20.6 Å². The van der Waals surface area contributed by atoms with Crippen LogP contribution in [0.2, 0.25) is 0 Å². The zero-order valence-corrected chi connectivity index (χ0v) is 17.1. The molecule has 0 aliphatic rings. The molecule has 0 bridgehead atoms. The lowest BCUT2D eigenvalue weighted by molar-refractivity contribution is 0.409. The van der Waals surface area contributed by atoms with Crippen LogP contribution in [0.5, 0.6) is 11.8 Å². The summed E-state index contributed by atoms with van der Waals surface area (Å²) in [5, 5.41) is 3.34. The van der Waals surface area contributed by atoms with Gasteiger partial charge in [0.15, 0.2) is 11.6 Å². The minimum atomic E-state index is -0.477. The van der Waals surface area contributed by atoms with Gasteiger partial charge in [-0.2, -0.15) is 9.97 Å². The number of halogens is 1. The summed E-state index contributed by atoms with van der Waals surface area (Å²) in [6, 6.07) is 9.93. The summed E-state index contributed by atoms with van der Waals surface area (Å²) in [6.07, 6.45) is 3.70. The van der Waals surface area contributed by atoms with E-state index in [0.717, 1.165) is 18.4 Å². The standard InChI is InChI=1S/C22H25FN4O2/c1-5-7-15(3)24-19-12-18(16-10-11-20(28)27(4)13-16)25-22(26-19)29-21-14(2)8-6-9-17(21)23/h6,8-13,15H,5,7H2,1-4H3,(H,24,25,26)/t15-/m0/s1. The van der Waals surface area contributed by atoms with Crippen LogP contribution in [0.15, 0.2) is 47.4 Å². The van der Waals surface area contributed by atoms with Crippen LogP contribution in [-0.2, 0) is 7.05 Å². The van der Waals surface area contributed by atoms with E-state index >= 15 is 0 Å². The molecule has 6 nitrogen and oxygen atoms in total. The van der Waals surface area contributed by atoms with E-state index in [9.17, 15) is 9.18 Å². The predicted molar refractivity (Wildman–Crippen MR) is 112 cm³/mol. The number of hydrogen-bond acceptors (Lipinski definition) is 5. The van der Waals surface area contributed by atoms with Crippen molar-refractivity contribution in [2.24, 2.45) is 7.05 Å². The molecule has 3 rings (SSSR count). The lowest BCUT2D eigenvalue weighted by Crippen LogP contribution is -2.16. The summed E-state index contributed by atoms with van der Waals surface area (Å²) in [4.78, 5) is 20.6. The molecule has 152 valence electrons. The topological polar surface area (TPSA) is 69.0 Å². The third kappa shape index (κ3) is 4.99. The second-order valence-corrected chi connectivity index (χ2v) is 7.11. The Labute approximate surface area is 169 Å². The highest BCUT2D eigenvalue weighted by Crippen LogP contribution is 2.29. The zero-order valence-electron chi connectivity index (χ0n) is 17.1. The first-order chi connectivity index (χ1) is 13.9. The summed E-state index contributed by atoms with van der Waals surface area (Å²) in [5.41, 5.74) is 1.84. The van der Waals surface area contributed by atoms with Gasteiger partial charge in [-0.3, -0.25) is 4.79 Å². The van der Waals surface area contributed by atoms with Crippen LogP contribution in [0.3, 0.4) is 0 Å². The molecule has 0 aliphatic carbocycles. The number of rotatable bonds is 7. The van der Waals surface area contributed by atoms with Crippen molar-refractivity contribution in [2.45, 2.75) is 39.7 Å².